The van der Waals surface area contributed by atoms with Gasteiger partial charge in [-0.05, 0) is 53.9 Å². The highest BCUT2D eigenvalue weighted by molar-refractivity contribution is 6.36. The van der Waals surface area contributed by atoms with Gasteiger partial charge in [-0.2, -0.15) is 0 Å². The monoisotopic (exact) mass is 562 g/mol. The zero-order valence-electron chi connectivity index (χ0n) is 23.4. The first-order valence-corrected chi connectivity index (χ1v) is 14.6. The normalized spacial score (nSPS) is 12.1. The van der Waals surface area contributed by atoms with Gasteiger partial charge in [-0.25, -0.2) is 4.98 Å². The molecule has 0 fully saturated rings. The van der Waals surface area contributed by atoms with E-state index in [-0.39, 0.29) is 0 Å². The molecule has 0 aliphatic rings. The Morgan fingerprint density at radius 3 is 2.14 bits per heavy atom. The fourth-order valence-corrected chi connectivity index (χ4v) is 7.19. The van der Waals surface area contributed by atoms with Crippen LogP contribution in [-0.2, 0) is 0 Å². The Bertz CT molecular complexity index is 2770. The number of para-hydroxylation sites is 1. The predicted molar refractivity (Wildman–Crippen MR) is 179 cm³/mol. The molecule has 0 aliphatic carbocycles. The maximum atomic E-state index is 5.03. The minimum absolute atomic E-state index is 0.876. The average Bonchev–Trinajstić information content (AvgIpc) is 3.62. The highest BCUT2D eigenvalue weighted by atomic mass is 15.1. The van der Waals surface area contributed by atoms with Crippen molar-refractivity contribution >= 4 is 76.3 Å². The summed E-state index contributed by atoms with van der Waals surface area (Å²) in [6.45, 7) is 0. The van der Waals surface area contributed by atoms with Crippen molar-refractivity contribution in [2.24, 2.45) is 0 Å². The van der Waals surface area contributed by atoms with Crippen molar-refractivity contribution in [2.45, 2.75) is 0 Å². The Hall–Kier alpha value is -6.14. The van der Waals surface area contributed by atoms with Gasteiger partial charge in [-0.15, -0.1) is 0 Å². The first kappa shape index (κ1) is 23.4. The van der Waals surface area contributed by atoms with Crippen LogP contribution in [0.4, 0.5) is 0 Å². The van der Waals surface area contributed by atoms with Crippen LogP contribution >= 0.6 is 0 Å². The first-order valence-electron chi connectivity index (χ1n) is 14.6. The number of hydrogen-bond donors (Lipinski definition) is 0. The summed E-state index contributed by atoms with van der Waals surface area (Å²) in [4.78, 5) is 19.1. The molecule has 0 saturated carbocycles. The summed E-state index contributed by atoms with van der Waals surface area (Å²) in [7, 11) is 0. The number of nitrogens with zero attached hydrogens (tertiary/aromatic N) is 6. The fraction of sp³-hybridized carbons (Fsp3) is 0. The van der Waals surface area contributed by atoms with Gasteiger partial charge in [0.15, 0.2) is 0 Å². The molecular formula is C38H22N6. The summed E-state index contributed by atoms with van der Waals surface area (Å²) >= 11 is 0. The Balaban J connectivity index is 1.52. The van der Waals surface area contributed by atoms with Crippen LogP contribution in [0.3, 0.4) is 0 Å². The summed E-state index contributed by atoms with van der Waals surface area (Å²) in [5.74, 6) is 0. The number of pyridine rings is 4. The Morgan fingerprint density at radius 1 is 0.455 bits per heavy atom. The molecule has 0 unspecified atom stereocenters. The van der Waals surface area contributed by atoms with Gasteiger partial charge < -0.3 is 4.57 Å². The van der Waals surface area contributed by atoms with Crippen molar-refractivity contribution in [3.63, 3.8) is 0 Å². The highest BCUT2D eigenvalue weighted by Crippen LogP contribution is 2.46. The smallest absolute Gasteiger partial charge is 0.145 e. The van der Waals surface area contributed by atoms with Crippen LogP contribution in [-0.4, -0.2) is 29.1 Å². The molecule has 10 aromatic rings. The second-order valence-electron chi connectivity index (χ2n) is 11.1. The third-order valence-electron chi connectivity index (χ3n) is 8.90. The lowest BCUT2D eigenvalue weighted by atomic mass is 9.99. The summed E-state index contributed by atoms with van der Waals surface area (Å²) in [5, 5.41) is 9.13. The van der Waals surface area contributed by atoms with E-state index < -0.39 is 0 Å². The molecule has 0 aliphatic heterocycles. The zero-order valence-corrected chi connectivity index (χ0v) is 23.4. The molecule has 4 aromatic carbocycles. The lowest BCUT2D eigenvalue weighted by molar-refractivity contribution is 1.14. The van der Waals surface area contributed by atoms with Crippen molar-refractivity contribution in [3.05, 3.63) is 134 Å². The van der Waals surface area contributed by atoms with Crippen molar-refractivity contribution in [3.8, 4) is 11.4 Å². The molecule has 6 nitrogen and oxygen atoms in total. The molecule has 6 aromatic heterocycles. The van der Waals surface area contributed by atoms with Crippen molar-refractivity contribution in [2.75, 3.05) is 0 Å². The van der Waals surface area contributed by atoms with Crippen LogP contribution in [0.2, 0.25) is 0 Å². The minimum atomic E-state index is 0.876. The number of rotatable bonds is 2. The molecular weight excluding hydrogens is 540 g/mol. The molecule has 10 rings (SSSR count). The van der Waals surface area contributed by atoms with Crippen LogP contribution in [0.5, 0.6) is 0 Å². The minimum Gasteiger partial charge on any atom is -0.307 e. The van der Waals surface area contributed by atoms with E-state index in [1.807, 2.05) is 49.2 Å². The van der Waals surface area contributed by atoms with Crippen LogP contribution in [0, 0.1) is 0 Å². The van der Waals surface area contributed by atoms with E-state index in [2.05, 4.69) is 99.0 Å². The molecule has 0 atom stereocenters. The van der Waals surface area contributed by atoms with E-state index in [9.17, 15) is 0 Å². The number of hydrogen-bond acceptors (Lipinski definition) is 4. The van der Waals surface area contributed by atoms with Crippen LogP contribution in [0.25, 0.3) is 87.7 Å². The second kappa shape index (κ2) is 8.69. The third kappa shape index (κ3) is 2.98. The number of aromatic nitrogens is 6. The molecule has 0 bridgehead atoms. The molecule has 0 amide bonds. The van der Waals surface area contributed by atoms with Gasteiger partial charge in [0, 0.05) is 62.5 Å². The number of fused-ring (bicyclic) bond motifs is 13. The van der Waals surface area contributed by atoms with Crippen molar-refractivity contribution < 1.29 is 0 Å². The summed E-state index contributed by atoms with van der Waals surface area (Å²) in [6.07, 6.45) is 9.38. The predicted octanol–water partition coefficient (Wildman–Crippen LogP) is 8.92. The van der Waals surface area contributed by atoms with E-state index in [1.54, 1.807) is 0 Å². The van der Waals surface area contributed by atoms with Crippen LogP contribution in [0.1, 0.15) is 0 Å². The molecule has 0 saturated heterocycles. The van der Waals surface area contributed by atoms with Gasteiger partial charge >= 0.3 is 0 Å². The fourth-order valence-electron chi connectivity index (χ4n) is 7.19. The topological polar surface area (TPSA) is 61.4 Å². The highest BCUT2D eigenvalue weighted by Gasteiger charge is 2.25. The van der Waals surface area contributed by atoms with E-state index in [4.69, 9.17) is 15.0 Å². The van der Waals surface area contributed by atoms with Gasteiger partial charge in [-0.1, -0.05) is 54.6 Å². The summed E-state index contributed by atoms with van der Waals surface area (Å²) in [5.41, 5.74) is 8.13. The molecule has 6 heterocycles. The second-order valence-corrected chi connectivity index (χ2v) is 11.1. The molecule has 0 N–H and O–H groups in total. The van der Waals surface area contributed by atoms with E-state index in [0.717, 1.165) is 60.8 Å². The van der Waals surface area contributed by atoms with Crippen molar-refractivity contribution in [1.29, 1.82) is 0 Å². The van der Waals surface area contributed by atoms with E-state index in [1.165, 1.54) is 26.9 Å². The molecule has 44 heavy (non-hydrogen) atoms. The van der Waals surface area contributed by atoms with Crippen LogP contribution < -0.4 is 0 Å². The zero-order chi connectivity index (χ0) is 28.8. The maximum absolute atomic E-state index is 5.03. The molecule has 6 heteroatoms. The van der Waals surface area contributed by atoms with E-state index in [0.29, 0.717) is 0 Å². The molecule has 204 valence electrons. The third-order valence-corrected chi connectivity index (χ3v) is 8.90. The first-order chi connectivity index (χ1) is 21.9. The van der Waals surface area contributed by atoms with Gasteiger partial charge in [-0.3, -0.25) is 19.5 Å². The maximum Gasteiger partial charge on any atom is 0.145 e. The standard InChI is InChI=1S/C38H22N6/c1-2-11-26-25(10-1)32-29-13-7-20-42-38(29)44(31-17-21-41-35-28(31)16-15-23-8-5-19-40-34(23)35)37(32)33-27-12-3-4-14-30(27)43(36(26)33)24-9-6-18-39-22-24/h1-22H. The SMILES string of the molecule is c1cncc(-n2c3ccccc3c3c2c2ccccc2c2c4cccnc4n(-c4ccnc5c4ccc4cccnc45)c23)c1. The average molecular weight is 563 g/mol. The summed E-state index contributed by atoms with van der Waals surface area (Å²) < 4.78 is 4.70. The van der Waals surface area contributed by atoms with Gasteiger partial charge in [0.05, 0.1) is 45.2 Å². The summed E-state index contributed by atoms with van der Waals surface area (Å²) in [6, 6.07) is 36.2. The van der Waals surface area contributed by atoms with Gasteiger partial charge in [0.2, 0.25) is 0 Å². The largest absolute Gasteiger partial charge is 0.307 e. The quantitative estimate of drug-likeness (QED) is 0.197. The Morgan fingerprint density at radius 2 is 1.23 bits per heavy atom. The molecule has 0 spiro atoms. The number of benzene rings is 4. The Kier molecular flexibility index (Phi) is 4.63. The van der Waals surface area contributed by atoms with Gasteiger partial charge in [0.25, 0.3) is 0 Å². The van der Waals surface area contributed by atoms with Gasteiger partial charge in [0.1, 0.15) is 5.65 Å². The Labute approximate surface area is 250 Å². The molecule has 0 radical (unpaired) electrons. The van der Waals surface area contributed by atoms with Crippen molar-refractivity contribution in [1.82, 2.24) is 29.1 Å². The lowest BCUT2D eigenvalue weighted by Crippen LogP contribution is -1.99. The van der Waals surface area contributed by atoms with Crippen LogP contribution in [0.15, 0.2) is 134 Å². The lowest BCUT2D eigenvalue weighted by Gasteiger charge is -2.14. The van der Waals surface area contributed by atoms with E-state index >= 15 is 0 Å².